The third-order valence-electron chi connectivity index (χ3n) is 3.65. The summed E-state index contributed by atoms with van der Waals surface area (Å²) in [5.74, 6) is 0.801. The maximum Gasteiger partial charge on any atom is 0.0992 e. The quantitative estimate of drug-likeness (QED) is 0.821. The van der Waals surface area contributed by atoms with Crippen molar-refractivity contribution in [3.63, 3.8) is 0 Å². The first-order valence-electron chi connectivity index (χ1n) is 6.73. The molecule has 0 heterocycles. The summed E-state index contributed by atoms with van der Waals surface area (Å²) in [5.41, 5.74) is 1.79. The average Bonchev–Trinajstić information content (AvgIpc) is 2.66. The number of benzene rings is 1. The van der Waals surface area contributed by atoms with Crippen LogP contribution in [0.4, 0.5) is 5.69 Å². The predicted octanol–water partition coefficient (Wildman–Crippen LogP) is 4.70. The van der Waals surface area contributed by atoms with Gasteiger partial charge in [-0.3, -0.25) is 0 Å². The van der Waals surface area contributed by atoms with E-state index in [9.17, 15) is 0 Å². The molecule has 96 valence electrons. The van der Waals surface area contributed by atoms with Crippen molar-refractivity contribution in [2.24, 2.45) is 5.92 Å². The molecule has 1 aliphatic carbocycles. The molecule has 3 heteroatoms. The van der Waals surface area contributed by atoms with Gasteiger partial charge in [-0.25, -0.2) is 0 Å². The highest BCUT2D eigenvalue weighted by Gasteiger charge is 2.12. The minimum Gasteiger partial charge on any atom is -0.384 e. The Labute approximate surface area is 118 Å². The highest BCUT2D eigenvalue weighted by atomic mass is 79.9. The van der Waals surface area contributed by atoms with Gasteiger partial charge in [0.05, 0.1) is 11.6 Å². The summed E-state index contributed by atoms with van der Waals surface area (Å²) in [7, 11) is 0. The monoisotopic (exact) mass is 306 g/mol. The zero-order chi connectivity index (χ0) is 12.8. The lowest BCUT2D eigenvalue weighted by Gasteiger charge is -2.16. The third-order valence-corrected chi connectivity index (χ3v) is 4.31. The summed E-state index contributed by atoms with van der Waals surface area (Å²) in [6.07, 6.45) is 8.25. The zero-order valence-corrected chi connectivity index (χ0v) is 12.2. The summed E-state index contributed by atoms with van der Waals surface area (Å²) in [4.78, 5) is 0. The number of rotatable bonds is 3. The number of hydrogen-bond acceptors (Lipinski definition) is 2. The van der Waals surface area contributed by atoms with E-state index in [1.54, 1.807) is 0 Å². The Bertz CT molecular complexity index is 429. The van der Waals surface area contributed by atoms with Crippen molar-refractivity contribution in [2.45, 2.75) is 38.5 Å². The van der Waals surface area contributed by atoms with Crippen molar-refractivity contribution in [2.75, 3.05) is 11.9 Å². The van der Waals surface area contributed by atoms with Gasteiger partial charge in [0.25, 0.3) is 0 Å². The van der Waals surface area contributed by atoms with Gasteiger partial charge in [-0.1, -0.05) is 25.7 Å². The fourth-order valence-electron chi connectivity index (χ4n) is 2.55. The van der Waals surface area contributed by atoms with Crippen LogP contribution in [0.15, 0.2) is 22.7 Å². The topological polar surface area (TPSA) is 35.8 Å². The Morgan fingerprint density at radius 1 is 1.22 bits per heavy atom. The molecule has 1 fully saturated rings. The summed E-state index contributed by atoms with van der Waals surface area (Å²) < 4.78 is 0.982. The Morgan fingerprint density at radius 3 is 2.56 bits per heavy atom. The molecule has 0 bridgehead atoms. The molecule has 0 saturated heterocycles. The van der Waals surface area contributed by atoms with E-state index in [1.807, 2.05) is 18.2 Å². The first-order chi connectivity index (χ1) is 8.79. The van der Waals surface area contributed by atoms with Crippen LogP contribution < -0.4 is 5.32 Å². The van der Waals surface area contributed by atoms with Crippen molar-refractivity contribution in [3.05, 3.63) is 28.2 Å². The molecule has 0 aromatic heterocycles. The maximum absolute atomic E-state index is 8.83. The highest BCUT2D eigenvalue weighted by molar-refractivity contribution is 9.10. The number of nitrogens with one attached hydrogen (secondary N) is 1. The van der Waals surface area contributed by atoms with Crippen molar-refractivity contribution in [3.8, 4) is 6.07 Å². The molecular formula is C15H19BrN2. The number of nitriles is 1. The first-order valence-corrected chi connectivity index (χ1v) is 7.52. The summed E-state index contributed by atoms with van der Waals surface area (Å²) in [5, 5.41) is 12.3. The van der Waals surface area contributed by atoms with Crippen LogP contribution in [0.2, 0.25) is 0 Å². The molecule has 1 aliphatic rings. The van der Waals surface area contributed by atoms with Gasteiger partial charge in [0.15, 0.2) is 0 Å². The van der Waals surface area contributed by atoms with Gasteiger partial charge in [0, 0.05) is 16.7 Å². The number of halogens is 1. The van der Waals surface area contributed by atoms with Crippen molar-refractivity contribution in [1.82, 2.24) is 0 Å². The van der Waals surface area contributed by atoms with Crippen molar-refractivity contribution in [1.29, 1.82) is 5.26 Å². The zero-order valence-electron chi connectivity index (χ0n) is 10.6. The first kappa shape index (κ1) is 13.4. The fraction of sp³-hybridized carbons (Fsp3) is 0.533. The molecule has 0 radical (unpaired) electrons. The standard InChI is InChI=1S/C15H19BrN2/c16-14-9-13(10-17)7-8-15(14)18-11-12-5-3-1-2-4-6-12/h7-9,12,18H,1-6,11H2. The number of hydrogen-bond donors (Lipinski definition) is 1. The average molecular weight is 307 g/mol. The number of nitrogens with zero attached hydrogens (tertiary/aromatic N) is 1. The van der Waals surface area contributed by atoms with E-state index in [2.05, 4.69) is 27.3 Å². The van der Waals surface area contributed by atoms with Gasteiger partial charge in [0.2, 0.25) is 0 Å². The highest BCUT2D eigenvalue weighted by Crippen LogP contribution is 2.26. The molecule has 0 atom stereocenters. The van der Waals surface area contributed by atoms with Crippen molar-refractivity contribution >= 4 is 21.6 Å². The van der Waals surface area contributed by atoms with Gasteiger partial charge in [0.1, 0.15) is 0 Å². The van der Waals surface area contributed by atoms with Gasteiger partial charge in [-0.15, -0.1) is 0 Å². The second kappa shape index (κ2) is 6.80. The van der Waals surface area contributed by atoms with E-state index in [1.165, 1.54) is 38.5 Å². The Balaban J connectivity index is 1.91. The molecule has 0 spiro atoms. The van der Waals surface area contributed by atoms with E-state index < -0.39 is 0 Å². The molecule has 1 saturated carbocycles. The van der Waals surface area contributed by atoms with Crippen LogP contribution >= 0.6 is 15.9 Å². The lowest BCUT2D eigenvalue weighted by Crippen LogP contribution is -2.13. The van der Waals surface area contributed by atoms with Crippen molar-refractivity contribution < 1.29 is 0 Å². The molecule has 2 nitrogen and oxygen atoms in total. The van der Waals surface area contributed by atoms with E-state index in [0.717, 1.165) is 22.6 Å². The maximum atomic E-state index is 8.83. The smallest absolute Gasteiger partial charge is 0.0992 e. The van der Waals surface area contributed by atoms with Crippen LogP contribution in [0.1, 0.15) is 44.1 Å². The lowest BCUT2D eigenvalue weighted by atomic mass is 10.0. The summed E-state index contributed by atoms with van der Waals surface area (Å²) in [6.45, 7) is 1.05. The van der Waals surface area contributed by atoms with Crippen LogP contribution in [0.3, 0.4) is 0 Å². The molecule has 0 amide bonds. The minimum absolute atomic E-state index is 0.696. The number of anilines is 1. The van der Waals surface area contributed by atoms with Gasteiger partial charge < -0.3 is 5.32 Å². The van der Waals surface area contributed by atoms with Crippen LogP contribution in [0.5, 0.6) is 0 Å². The van der Waals surface area contributed by atoms with Gasteiger partial charge >= 0.3 is 0 Å². The molecule has 0 aliphatic heterocycles. The molecule has 1 aromatic rings. The Hall–Kier alpha value is -1.01. The van der Waals surface area contributed by atoms with E-state index >= 15 is 0 Å². The second-order valence-electron chi connectivity index (χ2n) is 5.04. The molecule has 0 unspecified atom stereocenters. The lowest BCUT2D eigenvalue weighted by molar-refractivity contribution is 0.483. The SMILES string of the molecule is N#Cc1ccc(NCC2CCCCCC2)c(Br)c1. The van der Waals surface area contributed by atoms with Crippen LogP contribution in [0.25, 0.3) is 0 Å². The molecule has 1 N–H and O–H groups in total. The largest absolute Gasteiger partial charge is 0.384 e. The summed E-state index contributed by atoms with van der Waals surface area (Å²) in [6, 6.07) is 7.87. The molecule has 2 rings (SSSR count). The molecule has 18 heavy (non-hydrogen) atoms. The van der Waals surface area contributed by atoms with Crippen LogP contribution in [-0.2, 0) is 0 Å². The molecular weight excluding hydrogens is 288 g/mol. The predicted molar refractivity (Wildman–Crippen MR) is 78.5 cm³/mol. The second-order valence-corrected chi connectivity index (χ2v) is 5.90. The van der Waals surface area contributed by atoms with Crippen LogP contribution in [-0.4, -0.2) is 6.54 Å². The van der Waals surface area contributed by atoms with E-state index in [-0.39, 0.29) is 0 Å². The van der Waals surface area contributed by atoms with Gasteiger partial charge in [-0.2, -0.15) is 5.26 Å². The van der Waals surface area contributed by atoms with E-state index in [4.69, 9.17) is 5.26 Å². The van der Waals surface area contributed by atoms with E-state index in [0.29, 0.717) is 5.56 Å². The summed E-state index contributed by atoms with van der Waals surface area (Å²) >= 11 is 3.51. The molecule has 1 aromatic carbocycles. The van der Waals surface area contributed by atoms with Crippen LogP contribution in [0, 0.1) is 17.2 Å². The van der Waals surface area contributed by atoms with Gasteiger partial charge in [-0.05, 0) is 52.9 Å². The Kier molecular flexibility index (Phi) is 5.07. The fourth-order valence-corrected chi connectivity index (χ4v) is 3.07. The normalized spacial score (nSPS) is 16.9. The minimum atomic E-state index is 0.696. The Morgan fingerprint density at radius 2 is 1.94 bits per heavy atom. The third kappa shape index (κ3) is 3.74.